The van der Waals surface area contributed by atoms with Gasteiger partial charge in [-0.25, -0.2) is 4.79 Å². The first-order chi connectivity index (χ1) is 7.63. The van der Waals surface area contributed by atoms with E-state index >= 15 is 0 Å². The highest BCUT2D eigenvalue weighted by atomic mass is 79.9. The van der Waals surface area contributed by atoms with Gasteiger partial charge in [-0.3, -0.25) is 0 Å². The van der Waals surface area contributed by atoms with Gasteiger partial charge in [0.15, 0.2) is 0 Å². The highest BCUT2D eigenvalue weighted by Gasteiger charge is 2.19. The number of ether oxygens (including phenoxy) is 1. The van der Waals surface area contributed by atoms with Crippen LogP contribution in [0.3, 0.4) is 0 Å². The number of carbonyl (C=O) groups excluding carboxylic acids is 1. The highest BCUT2D eigenvalue weighted by Crippen LogP contribution is 2.38. The van der Waals surface area contributed by atoms with Crippen molar-refractivity contribution in [1.29, 1.82) is 0 Å². The van der Waals surface area contributed by atoms with Crippen molar-refractivity contribution in [3.05, 3.63) is 26.9 Å². The van der Waals surface area contributed by atoms with Gasteiger partial charge in [-0.1, -0.05) is 0 Å². The van der Waals surface area contributed by atoms with E-state index in [9.17, 15) is 4.79 Å². The molecule has 2 aromatic rings. The van der Waals surface area contributed by atoms with Crippen molar-refractivity contribution >= 4 is 49.6 Å². The Labute approximate surface area is 109 Å². The molecule has 2 N–H and O–H groups in total. The third-order valence-corrected chi connectivity index (χ3v) is 4.52. The summed E-state index contributed by atoms with van der Waals surface area (Å²) in [6.07, 6.45) is 0. The summed E-state index contributed by atoms with van der Waals surface area (Å²) in [5, 5.41) is 2.37. The summed E-state index contributed by atoms with van der Waals surface area (Å²) >= 11 is 6.29. The van der Waals surface area contributed by atoms with Crippen LogP contribution in [0.2, 0.25) is 0 Å². The predicted octanol–water partition coefficient (Wildman–Crippen LogP) is 3.61. The van der Waals surface area contributed by atoms with Crippen LogP contribution in [0.5, 0.6) is 0 Å². The minimum absolute atomic E-state index is 0.390. The molecule has 2 aromatic heterocycles. The van der Waals surface area contributed by atoms with Crippen molar-refractivity contribution in [2.24, 2.45) is 0 Å². The van der Waals surface area contributed by atoms with E-state index in [1.54, 1.807) is 11.3 Å². The molecule has 0 unspecified atom stereocenters. The summed E-state index contributed by atoms with van der Waals surface area (Å²) < 4.78 is 5.74. The molecule has 2 heterocycles. The second-order valence-electron chi connectivity index (χ2n) is 2.98. The average molecular weight is 318 g/mol. The number of thiophene rings is 2. The maximum atomic E-state index is 11.6. The number of methoxy groups -OCH3 is 1. The molecular formula is C10H8BrNO2S2. The van der Waals surface area contributed by atoms with E-state index in [0.717, 1.165) is 14.2 Å². The minimum Gasteiger partial charge on any atom is -0.465 e. The predicted molar refractivity (Wildman–Crippen MR) is 71.1 cm³/mol. The van der Waals surface area contributed by atoms with Crippen LogP contribution in [0.4, 0.5) is 5.00 Å². The molecule has 84 valence electrons. The maximum Gasteiger partial charge on any atom is 0.341 e. The van der Waals surface area contributed by atoms with Crippen LogP contribution in [0.15, 0.2) is 21.3 Å². The van der Waals surface area contributed by atoms with Gasteiger partial charge in [0.1, 0.15) is 10.6 Å². The van der Waals surface area contributed by atoms with Gasteiger partial charge in [0.05, 0.1) is 10.9 Å². The molecule has 2 rings (SSSR count). The molecule has 0 spiro atoms. The molecule has 3 nitrogen and oxygen atoms in total. The first-order valence-corrected chi connectivity index (χ1v) is 6.83. The number of anilines is 1. The Morgan fingerprint density at radius 2 is 2.25 bits per heavy atom. The van der Waals surface area contributed by atoms with Crippen molar-refractivity contribution in [1.82, 2.24) is 0 Å². The van der Waals surface area contributed by atoms with Crippen molar-refractivity contribution in [2.75, 3.05) is 12.8 Å². The van der Waals surface area contributed by atoms with Crippen molar-refractivity contribution in [3.63, 3.8) is 0 Å². The second kappa shape index (κ2) is 4.57. The van der Waals surface area contributed by atoms with Crippen LogP contribution in [0, 0.1) is 0 Å². The van der Waals surface area contributed by atoms with Crippen molar-refractivity contribution in [2.45, 2.75) is 0 Å². The van der Waals surface area contributed by atoms with E-state index in [0.29, 0.717) is 10.6 Å². The first-order valence-electron chi connectivity index (χ1n) is 4.34. The number of carbonyl (C=O) groups is 1. The summed E-state index contributed by atoms with van der Waals surface area (Å²) in [7, 11) is 1.35. The number of rotatable bonds is 2. The summed E-state index contributed by atoms with van der Waals surface area (Å²) in [4.78, 5) is 12.6. The molecule has 16 heavy (non-hydrogen) atoms. The first kappa shape index (κ1) is 11.6. The lowest BCUT2D eigenvalue weighted by Gasteiger charge is -2.01. The van der Waals surface area contributed by atoms with Crippen LogP contribution in [-0.4, -0.2) is 13.1 Å². The van der Waals surface area contributed by atoms with E-state index in [1.807, 2.05) is 17.5 Å². The Balaban J connectivity index is 2.53. The van der Waals surface area contributed by atoms with Crippen molar-refractivity contribution < 1.29 is 9.53 Å². The highest BCUT2D eigenvalue weighted by molar-refractivity contribution is 9.11. The minimum atomic E-state index is -0.390. The van der Waals surface area contributed by atoms with Gasteiger partial charge in [0.2, 0.25) is 0 Å². The van der Waals surface area contributed by atoms with Crippen LogP contribution < -0.4 is 5.73 Å². The Morgan fingerprint density at radius 3 is 2.81 bits per heavy atom. The lowest BCUT2D eigenvalue weighted by molar-refractivity contribution is 0.0603. The van der Waals surface area contributed by atoms with E-state index in [1.165, 1.54) is 18.4 Å². The van der Waals surface area contributed by atoms with E-state index in [2.05, 4.69) is 15.9 Å². The van der Waals surface area contributed by atoms with Gasteiger partial charge in [-0.15, -0.1) is 22.7 Å². The second-order valence-corrected chi connectivity index (χ2v) is 6.36. The van der Waals surface area contributed by atoms with Crippen LogP contribution in [-0.2, 0) is 4.74 Å². The molecule has 0 atom stereocenters. The molecule has 0 aliphatic rings. The number of nitrogens with two attached hydrogens (primary N) is 1. The van der Waals surface area contributed by atoms with E-state index < -0.39 is 5.97 Å². The number of hydrogen-bond acceptors (Lipinski definition) is 5. The van der Waals surface area contributed by atoms with Crippen LogP contribution >= 0.6 is 38.6 Å². The van der Waals surface area contributed by atoms with Gasteiger partial charge < -0.3 is 10.5 Å². The van der Waals surface area contributed by atoms with Crippen LogP contribution in [0.25, 0.3) is 10.4 Å². The van der Waals surface area contributed by atoms with Gasteiger partial charge in [-0.05, 0) is 28.1 Å². The number of halogens is 1. The third-order valence-electron chi connectivity index (χ3n) is 2.05. The molecule has 0 bridgehead atoms. The fraction of sp³-hybridized carbons (Fsp3) is 0.100. The molecule has 0 fully saturated rings. The molecule has 0 radical (unpaired) electrons. The molecule has 0 saturated carbocycles. The van der Waals surface area contributed by atoms with E-state index in [4.69, 9.17) is 10.5 Å². The Bertz CT molecular complexity index is 533. The molecular weight excluding hydrogens is 310 g/mol. The van der Waals surface area contributed by atoms with Gasteiger partial charge in [-0.2, -0.15) is 0 Å². The van der Waals surface area contributed by atoms with E-state index in [-0.39, 0.29) is 0 Å². The Kier molecular flexibility index (Phi) is 3.32. The zero-order chi connectivity index (χ0) is 11.7. The normalized spacial score (nSPS) is 10.4. The van der Waals surface area contributed by atoms with Gasteiger partial charge in [0, 0.05) is 15.8 Å². The Morgan fingerprint density at radius 1 is 1.50 bits per heavy atom. The lowest BCUT2D eigenvalue weighted by Crippen LogP contribution is -2.03. The van der Waals surface area contributed by atoms with Crippen molar-refractivity contribution in [3.8, 4) is 10.4 Å². The average Bonchev–Trinajstić information content (AvgIpc) is 2.83. The third kappa shape index (κ3) is 2.00. The number of nitrogen functional groups attached to an aromatic ring is 1. The smallest absolute Gasteiger partial charge is 0.341 e. The fourth-order valence-electron chi connectivity index (χ4n) is 1.33. The van der Waals surface area contributed by atoms with Gasteiger partial charge >= 0.3 is 5.97 Å². The van der Waals surface area contributed by atoms with Crippen LogP contribution in [0.1, 0.15) is 10.4 Å². The topological polar surface area (TPSA) is 52.3 Å². The Hall–Kier alpha value is -0.850. The number of esters is 1. The van der Waals surface area contributed by atoms with Gasteiger partial charge in [0.25, 0.3) is 0 Å². The quantitative estimate of drug-likeness (QED) is 0.861. The largest absolute Gasteiger partial charge is 0.465 e. The molecule has 0 aliphatic carbocycles. The maximum absolute atomic E-state index is 11.6. The molecule has 0 saturated heterocycles. The monoisotopic (exact) mass is 317 g/mol. The summed E-state index contributed by atoms with van der Waals surface area (Å²) in [5.41, 5.74) is 7.07. The molecule has 0 aromatic carbocycles. The zero-order valence-electron chi connectivity index (χ0n) is 8.32. The lowest BCUT2D eigenvalue weighted by atomic mass is 10.1. The summed E-state index contributed by atoms with van der Waals surface area (Å²) in [6.45, 7) is 0. The summed E-state index contributed by atoms with van der Waals surface area (Å²) in [5.74, 6) is -0.390. The fourth-order valence-corrected chi connectivity index (χ4v) is 3.61. The number of hydrogen-bond donors (Lipinski definition) is 1. The molecule has 6 heteroatoms. The standard InChI is InChI=1S/C10H8BrNO2S2/c1-14-10(13)8-5(4-15-9(8)12)6-2-3-7(11)16-6/h2-4H,12H2,1H3. The molecule has 0 amide bonds. The molecule has 0 aliphatic heterocycles. The summed E-state index contributed by atoms with van der Waals surface area (Å²) in [6, 6.07) is 3.89. The SMILES string of the molecule is COC(=O)c1c(-c2ccc(Br)s2)csc1N. The zero-order valence-corrected chi connectivity index (χ0v) is 11.5.